The summed E-state index contributed by atoms with van der Waals surface area (Å²) in [7, 11) is 1.61. The van der Waals surface area contributed by atoms with Gasteiger partial charge in [0.25, 0.3) is 5.56 Å². The van der Waals surface area contributed by atoms with Crippen LogP contribution in [0.4, 0.5) is 0 Å². The maximum absolute atomic E-state index is 12.3. The van der Waals surface area contributed by atoms with Gasteiger partial charge in [0.05, 0.1) is 23.7 Å². The predicted octanol–water partition coefficient (Wildman–Crippen LogP) is 2.49. The van der Waals surface area contributed by atoms with Crippen molar-refractivity contribution in [3.8, 4) is 23.1 Å². The number of ether oxygens (including phenoxy) is 1. The fourth-order valence-electron chi connectivity index (χ4n) is 2.66. The van der Waals surface area contributed by atoms with E-state index in [1.807, 2.05) is 36.4 Å². The highest BCUT2D eigenvalue weighted by Crippen LogP contribution is 2.20. The molecule has 4 rings (SSSR count). The van der Waals surface area contributed by atoms with E-state index in [0.717, 1.165) is 11.4 Å². The highest BCUT2D eigenvalue weighted by molar-refractivity contribution is 5.78. The van der Waals surface area contributed by atoms with Gasteiger partial charge >= 0.3 is 0 Å². The number of hydrogen-bond acceptors (Lipinski definition) is 5. The maximum atomic E-state index is 12.3. The summed E-state index contributed by atoms with van der Waals surface area (Å²) < 4.78 is 6.84. The molecule has 0 saturated heterocycles. The van der Waals surface area contributed by atoms with Crippen molar-refractivity contribution in [2.75, 3.05) is 7.11 Å². The van der Waals surface area contributed by atoms with Crippen molar-refractivity contribution >= 4 is 10.9 Å². The van der Waals surface area contributed by atoms with Crippen LogP contribution < -0.4 is 10.3 Å². The molecule has 25 heavy (non-hydrogen) atoms. The van der Waals surface area contributed by atoms with Gasteiger partial charge in [-0.25, -0.2) is 14.6 Å². The largest absolute Gasteiger partial charge is 0.497 e. The highest BCUT2D eigenvalue weighted by atomic mass is 16.5. The Balaban J connectivity index is 1.90. The van der Waals surface area contributed by atoms with Crippen LogP contribution in [0, 0.1) is 6.92 Å². The Labute approximate surface area is 142 Å². The molecule has 0 unspecified atom stereocenters. The molecular weight excluding hydrogens is 318 g/mol. The Morgan fingerprint density at radius 2 is 1.80 bits per heavy atom. The predicted molar refractivity (Wildman–Crippen MR) is 94.0 cm³/mol. The average Bonchev–Trinajstić information content (AvgIpc) is 3.03. The molecule has 0 aliphatic carbocycles. The molecule has 7 nitrogen and oxygen atoms in total. The maximum Gasteiger partial charge on any atom is 0.259 e. The Kier molecular flexibility index (Phi) is 3.53. The summed E-state index contributed by atoms with van der Waals surface area (Å²) in [5.74, 6) is 2.19. The normalized spacial score (nSPS) is 11.0. The highest BCUT2D eigenvalue weighted by Gasteiger charge is 2.15. The lowest BCUT2D eigenvalue weighted by Gasteiger charge is -2.07. The summed E-state index contributed by atoms with van der Waals surface area (Å²) in [6.07, 6.45) is 0. The van der Waals surface area contributed by atoms with E-state index in [9.17, 15) is 4.79 Å². The fraction of sp³-hybridized carbons (Fsp3) is 0.111. The Bertz CT molecular complexity index is 1110. The third-order valence-electron chi connectivity index (χ3n) is 3.85. The monoisotopic (exact) mass is 333 g/mol. The number of benzene rings is 2. The van der Waals surface area contributed by atoms with Crippen LogP contribution in [0.25, 0.3) is 28.2 Å². The molecule has 0 radical (unpaired) electrons. The number of nitrogens with zero attached hydrogens (tertiary/aromatic N) is 4. The molecule has 0 spiro atoms. The minimum Gasteiger partial charge on any atom is -0.497 e. The SMILES string of the molecule is COc1ccc(-n2nc(C)nc2-c2nc3ccccc3c(=O)[nH]2)cc1. The zero-order valence-electron chi connectivity index (χ0n) is 13.7. The van der Waals surface area contributed by atoms with Crippen LogP contribution >= 0.6 is 0 Å². The van der Waals surface area contributed by atoms with Crippen molar-refractivity contribution in [3.63, 3.8) is 0 Å². The van der Waals surface area contributed by atoms with Gasteiger partial charge in [-0.2, -0.15) is 5.10 Å². The van der Waals surface area contributed by atoms with E-state index in [1.54, 1.807) is 30.8 Å². The minimum absolute atomic E-state index is 0.206. The summed E-state index contributed by atoms with van der Waals surface area (Å²) in [5, 5.41) is 4.97. The van der Waals surface area contributed by atoms with Gasteiger partial charge in [0.1, 0.15) is 11.6 Å². The van der Waals surface area contributed by atoms with Crippen LogP contribution in [0.5, 0.6) is 5.75 Å². The van der Waals surface area contributed by atoms with E-state index < -0.39 is 0 Å². The molecule has 0 bridgehead atoms. The van der Waals surface area contributed by atoms with Gasteiger partial charge in [-0.15, -0.1) is 0 Å². The number of H-pyrrole nitrogens is 1. The molecule has 2 heterocycles. The second kappa shape index (κ2) is 5.86. The number of rotatable bonds is 3. The van der Waals surface area contributed by atoms with Gasteiger partial charge in [0.2, 0.25) is 0 Å². The van der Waals surface area contributed by atoms with E-state index in [2.05, 4.69) is 20.1 Å². The summed E-state index contributed by atoms with van der Waals surface area (Å²) >= 11 is 0. The minimum atomic E-state index is -0.206. The summed E-state index contributed by atoms with van der Waals surface area (Å²) in [6.45, 7) is 1.79. The molecule has 4 aromatic rings. The topological polar surface area (TPSA) is 85.7 Å². The van der Waals surface area contributed by atoms with Crippen LogP contribution in [-0.2, 0) is 0 Å². The van der Waals surface area contributed by atoms with Crippen LogP contribution in [0.3, 0.4) is 0 Å². The van der Waals surface area contributed by atoms with Gasteiger partial charge in [-0.05, 0) is 43.3 Å². The lowest BCUT2D eigenvalue weighted by molar-refractivity contribution is 0.414. The second-order valence-electron chi connectivity index (χ2n) is 5.52. The first kappa shape index (κ1) is 15.1. The van der Waals surface area contributed by atoms with Crippen LogP contribution in [0.15, 0.2) is 53.3 Å². The molecule has 0 aliphatic rings. The molecular formula is C18H15N5O2. The quantitative estimate of drug-likeness (QED) is 0.622. The molecule has 0 aliphatic heterocycles. The standard InChI is InChI=1S/C18H15N5O2/c1-11-19-17(23(22-11)12-7-9-13(25-2)10-8-12)16-20-15-6-4-3-5-14(15)18(24)21-16/h3-10H,1-2H3,(H,20,21,24). The number of hydrogen-bond donors (Lipinski definition) is 1. The number of aromatic amines is 1. The lowest BCUT2D eigenvalue weighted by atomic mass is 10.2. The number of fused-ring (bicyclic) bond motifs is 1. The summed E-state index contributed by atoms with van der Waals surface area (Å²) in [6, 6.07) is 14.6. The van der Waals surface area contributed by atoms with E-state index in [0.29, 0.717) is 28.4 Å². The van der Waals surface area contributed by atoms with Gasteiger partial charge in [0.15, 0.2) is 11.6 Å². The first-order valence-electron chi connectivity index (χ1n) is 7.73. The number of aryl methyl sites for hydroxylation is 1. The van der Waals surface area contributed by atoms with E-state index >= 15 is 0 Å². The first-order valence-corrected chi connectivity index (χ1v) is 7.73. The third kappa shape index (κ3) is 2.65. The van der Waals surface area contributed by atoms with Crippen LogP contribution in [0.2, 0.25) is 0 Å². The smallest absolute Gasteiger partial charge is 0.259 e. The molecule has 0 amide bonds. The number of aromatic nitrogens is 5. The fourth-order valence-corrected chi connectivity index (χ4v) is 2.66. The van der Waals surface area contributed by atoms with Crippen molar-refractivity contribution < 1.29 is 4.74 Å². The lowest BCUT2D eigenvalue weighted by Crippen LogP contribution is -2.11. The summed E-state index contributed by atoms with van der Waals surface area (Å²) in [4.78, 5) is 24.1. The number of nitrogens with one attached hydrogen (secondary N) is 1. The number of para-hydroxylation sites is 1. The van der Waals surface area contributed by atoms with Crippen LogP contribution in [-0.4, -0.2) is 31.8 Å². The average molecular weight is 333 g/mol. The molecule has 2 aromatic heterocycles. The Morgan fingerprint density at radius 1 is 1.04 bits per heavy atom. The molecule has 124 valence electrons. The van der Waals surface area contributed by atoms with Crippen LogP contribution in [0.1, 0.15) is 5.82 Å². The third-order valence-corrected chi connectivity index (χ3v) is 3.85. The molecule has 0 atom stereocenters. The van der Waals surface area contributed by atoms with Gasteiger partial charge in [-0.3, -0.25) is 4.79 Å². The van der Waals surface area contributed by atoms with E-state index in [1.165, 1.54) is 0 Å². The van der Waals surface area contributed by atoms with Crippen molar-refractivity contribution in [1.29, 1.82) is 0 Å². The molecule has 7 heteroatoms. The van der Waals surface area contributed by atoms with Gasteiger partial charge < -0.3 is 9.72 Å². The van der Waals surface area contributed by atoms with E-state index in [4.69, 9.17) is 4.74 Å². The van der Waals surface area contributed by atoms with Crippen molar-refractivity contribution in [3.05, 3.63) is 64.7 Å². The number of methoxy groups -OCH3 is 1. The Hall–Kier alpha value is -3.48. The van der Waals surface area contributed by atoms with Crippen molar-refractivity contribution in [1.82, 2.24) is 24.7 Å². The van der Waals surface area contributed by atoms with Gasteiger partial charge in [0, 0.05) is 0 Å². The van der Waals surface area contributed by atoms with E-state index in [-0.39, 0.29) is 5.56 Å². The van der Waals surface area contributed by atoms with Crippen molar-refractivity contribution in [2.45, 2.75) is 6.92 Å². The molecule has 1 N–H and O–H groups in total. The summed E-state index contributed by atoms with van der Waals surface area (Å²) in [5.41, 5.74) is 1.21. The van der Waals surface area contributed by atoms with Crippen molar-refractivity contribution in [2.24, 2.45) is 0 Å². The zero-order chi connectivity index (χ0) is 17.4. The molecule has 2 aromatic carbocycles. The molecule has 0 saturated carbocycles. The zero-order valence-corrected chi connectivity index (χ0v) is 13.7. The first-order chi connectivity index (χ1) is 12.2. The second-order valence-corrected chi connectivity index (χ2v) is 5.52. The molecule has 0 fully saturated rings. The Morgan fingerprint density at radius 3 is 2.56 bits per heavy atom. The van der Waals surface area contributed by atoms with Gasteiger partial charge in [-0.1, -0.05) is 12.1 Å².